The number of hydrogen-bond acceptors (Lipinski definition) is 3. The average Bonchev–Trinajstić information content (AvgIpc) is 3.02. The highest BCUT2D eigenvalue weighted by atomic mass is 16.2. The predicted octanol–water partition coefficient (Wildman–Crippen LogP) is 2.22. The Morgan fingerprint density at radius 1 is 1.00 bits per heavy atom. The Hall–Kier alpha value is -2.95. The van der Waals surface area contributed by atoms with Crippen LogP contribution >= 0.6 is 0 Å². The van der Waals surface area contributed by atoms with Crippen LogP contribution in [0, 0.1) is 0 Å². The molecule has 0 radical (unpaired) electrons. The molecule has 26 heavy (non-hydrogen) atoms. The predicted molar refractivity (Wildman–Crippen MR) is 98.7 cm³/mol. The first kappa shape index (κ1) is 17.9. The number of hydrogen-bond donors (Lipinski definition) is 1. The minimum atomic E-state index is -0.653. The Bertz CT molecular complexity index is 774. The van der Waals surface area contributed by atoms with E-state index in [1.807, 2.05) is 18.2 Å². The molecule has 0 spiro atoms. The van der Waals surface area contributed by atoms with Crippen molar-refractivity contribution in [2.24, 2.45) is 0 Å². The van der Waals surface area contributed by atoms with E-state index in [9.17, 15) is 14.4 Å². The molecule has 3 rings (SSSR count). The van der Waals surface area contributed by atoms with Crippen molar-refractivity contribution in [3.8, 4) is 0 Å². The van der Waals surface area contributed by atoms with Crippen LogP contribution in [0.1, 0.15) is 28.8 Å². The molecule has 5 heteroatoms. The van der Waals surface area contributed by atoms with E-state index in [0.717, 1.165) is 12.8 Å². The van der Waals surface area contributed by atoms with E-state index >= 15 is 0 Å². The van der Waals surface area contributed by atoms with Crippen LogP contribution in [0.3, 0.4) is 0 Å². The van der Waals surface area contributed by atoms with E-state index in [-0.39, 0.29) is 18.4 Å². The van der Waals surface area contributed by atoms with E-state index in [1.165, 1.54) is 5.56 Å². The molecule has 1 heterocycles. The molecule has 1 fully saturated rings. The van der Waals surface area contributed by atoms with Gasteiger partial charge in [-0.2, -0.15) is 0 Å². The summed E-state index contributed by atoms with van der Waals surface area (Å²) in [6, 6.07) is 18.3. The Balaban J connectivity index is 1.46. The monoisotopic (exact) mass is 350 g/mol. The highest BCUT2D eigenvalue weighted by Gasteiger charge is 2.31. The molecule has 134 valence electrons. The zero-order valence-electron chi connectivity index (χ0n) is 14.6. The van der Waals surface area contributed by atoms with Gasteiger partial charge in [-0.25, -0.2) is 0 Å². The molecular formula is C21H22N2O3. The number of likely N-dealkylation sites (tertiary alicyclic amines) is 1. The van der Waals surface area contributed by atoms with Crippen molar-refractivity contribution in [3.05, 3.63) is 71.8 Å². The Morgan fingerprint density at radius 3 is 2.35 bits per heavy atom. The number of aryl methyl sites for hydroxylation is 1. The maximum atomic E-state index is 12.1. The number of rotatable bonds is 7. The molecule has 2 amide bonds. The summed E-state index contributed by atoms with van der Waals surface area (Å²) in [6.07, 6.45) is 2.03. The molecule has 0 aromatic heterocycles. The van der Waals surface area contributed by atoms with Gasteiger partial charge in [-0.15, -0.1) is 0 Å². The number of nitrogens with zero attached hydrogens (tertiary/aromatic N) is 1. The Labute approximate surface area is 153 Å². The van der Waals surface area contributed by atoms with Gasteiger partial charge in [-0.1, -0.05) is 60.7 Å². The van der Waals surface area contributed by atoms with Gasteiger partial charge in [0.1, 0.15) is 0 Å². The van der Waals surface area contributed by atoms with Crippen LogP contribution in [-0.2, 0) is 16.0 Å². The zero-order chi connectivity index (χ0) is 18.4. The summed E-state index contributed by atoms with van der Waals surface area (Å²) >= 11 is 0. The second-order valence-electron chi connectivity index (χ2n) is 6.50. The van der Waals surface area contributed by atoms with E-state index in [4.69, 9.17) is 0 Å². The van der Waals surface area contributed by atoms with Gasteiger partial charge < -0.3 is 10.2 Å². The normalized spacial score (nSPS) is 16.5. The third-order valence-corrected chi connectivity index (χ3v) is 4.53. The van der Waals surface area contributed by atoms with Gasteiger partial charge >= 0.3 is 0 Å². The molecule has 2 aromatic carbocycles. The van der Waals surface area contributed by atoms with Crippen molar-refractivity contribution in [1.82, 2.24) is 10.2 Å². The molecule has 0 bridgehead atoms. The highest BCUT2D eigenvalue weighted by molar-refractivity contribution is 6.42. The minimum absolute atomic E-state index is 0.0236. The molecule has 1 N–H and O–H groups in total. The first-order valence-electron chi connectivity index (χ1n) is 8.85. The smallest absolute Gasteiger partial charge is 0.292 e. The number of carbonyl (C=O) groups is 3. The first-order chi connectivity index (χ1) is 12.6. The summed E-state index contributed by atoms with van der Waals surface area (Å²) in [5.41, 5.74) is 1.60. The Kier molecular flexibility index (Phi) is 5.79. The molecular weight excluding hydrogens is 328 g/mol. The highest BCUT2D eigenvalue weighted by Crippen LogP contribution is 2.13. The lowest BCUT2D eigenvalue weighted by molar-refractivity contribution is -0.127. The summed E-state index contributed by atoms with van der Waals surface area (Å²) in [4.78, 5) is 38.1. The molecule has 1 atom stereocenters. The lowest BCUT2D eigenvalue weighted by atomic mass is 10.1. The molecule has 0 saturated carbocycles. The van der Waals surface area contributed by atoms with Crippen molar-refractivity contribution in [3.63, 3.8) is 0 Å². The largest absolute Gasteiger partial charge is 0.344 e. The molecule has 1 aliphatic rings. The van der Waals surface area contributed by atoms with Crippen molar-refractivity contribution in [2.75, 3.05) is 13.1 Å². The number of Topliss-reactive ketones (excluding diaryl/α,β-unsaturated/α-hetero) is 1. The van der Waals surface area contributed by atoms with E-state index in [0.29, 0.717) is 18.7 Å². The second-order valence-corrected chi connectivity index (χ2v) is 6.50. The van der Waals surface area contributed by atoms with Gasteiger partial charge in [0.25, 0.3) is 5.91 Å². The summed E-state index contributed by atoms with van der Waals surface area (Å²) < 4.78 is 0. The van der Waals surface area contributed by atoms with Crippen LogP contribution in [0.15, 0.2) is 60.7 Å². The van der Waals surface area contributed by atoms with Gasteiger partial charge in [0.2, 0.25) is 11.7 Å². The van der Waals surface area contributed by atoms with Crippen molar-refractivity contribution in [1.29, 1.82) is 0 Å². The molecule has 5 nitrogen and oxygen atoms in total. The topological polar surface area (TPSA) is 66.5 Å². The maximum absolute atomic E-state index is 12.1. The van der Waals surface area contributed by atoms with E-state index in [1.54, 1.807) is 35.2 Å². The van der Waals surface area contributed by atoms with Crippen LogP contribution in [0.4, 0.5) is 0 Å². The summed E-state index contributed by atoms with van der Waals surface area (Å²) in [6.45, 7) is 1.12. The third kappa shape index (κ3) is 4.57. The molecule has 1 aliphatic heterocycles. The molecule has 0 aliphatic carbocycles. The van der Waals surface area contributed by atoms with Gasteiger partial charge in [-0.05, 0) is 18.4 Å². The number of nitrogens with one attached hydrogen (secondary N) is 1. The SMILES string of the molecule is O=C(NC1CC(=O)N(CCCc2ccccc2)C1)C(=O)c1ccccc1. The standard InChI is InChI=1S/C21H22N2O3/c24-19-14-18(22-21(26)20(25)17-11-5-2-6-12-17)15-23(19)13-7-10-16-8-3-1-4-9-16/h1-6,8-9,11-12,18H,7,10,13-15H2,(H,22,26). The number of ketones is 1. The first-order valence-corrected chi connectivity index (χ1v) is 8.85. The van der Waals surface area contributed by atoms with Gasteiger partial charge in [0.15, 0.2) is 0 Å². The fraction of sp³-hybridized carbons (Fsp3) is 0.286. The fourth-order valence-electron chi connectivity index (χ4n) is 3.18. The van der Waals surface area contributed by atoms with Crippen LogP contribution in [-0.4, -0.2) is 41.6 Å². The van der Waals surface area contributed by atoms with E-state index < -0.39 is 11.7 Å². The van der Waals surface area contributed by atoms with Gasteiger partial charge in [0, 0.05) is 25.1 Å². The van der Waals surface area contributed by atoms with Crippen molar-refractivity contribution >= 4 is 17.6 Å². The summed E-state index contributed by atoms with van der Waals surface area (Å²) in [5, 5.41) is 2.69. The van der Waals surface area contributed by atoms with Gasteiger partial charge in [0.05, 0.1) is 6.04 Å². The zero-order valence-corrected chi connectivity index (χ0v) is 14.6. The Morgan fingerprint density at radius 2 is 1.65 bits per heavy atom. The lowest BCUT2D eigenvalue weighted by Gasteiger charge is -2.17. The van der Waals surface area contributed by atoms with Crippen molar-refractivity contribution in [2.45, 2.75) is 25.3 Å². The maximum Gasteiger partial charge on any atom is 0.292 e. The fourth-order valence-corrected chi connectivity index (χ4v) is 3.18. The molecule has 1 unspecified atom stereocenters. The summed E-state index contributed by atoms with van der Waals surface area (Å²) in [5.74, 6) is -1.20. The molecule has 1 saturated heterocycles. The minimum Gasteiger partial charge on any atom is -0.344 e. The third-order valence-electron chi connectivity index (χ3n) is 4.53. The number of amides is 2. The van der Waals surface area contributed by atoms with Crippen molar-refractivity contribution < 1.29 is 14.4 Å². The second kappa shape index (κ2) is 8.43. The van der Waals surface area contributed by atoms with E-state index in [2.05, 4.69) is 17.4 Å². The van der Waals surface area contributed by atoms with Crippen LogP contribution < -0.4 is 5.32 Å². The molecule has 2 aromatic rings. The summed E-state index contributed by atoms with van der Waals surface area (Å²) in [7, 11) is 0. The van der Waals surface area contributed by atoms with Gasteiger partial charge in [-0.3, -0.25) is 14.4 Å². The number of benzene rings is 2. The van der Waals surface area contributed by atoms with Crippen LogP contribution in [0.5, 0.6) is 0 Å². The number of carbonyl (C=O) groups excluding carboxylic acids is 3. The van der Waals surface area contributed by atoms with Crippen LogP contribution in [0.25, 0.3) is 0 Å². The lowest BCUT2D eigenvalue weighted by Crippen LogP contribution is -2.41. The quantitative estimate of drug-likeness (QED) is 0.615. The van der Waals surface area contributed by atoms with Crippen LogP contribution in [0.2, 0.25) is 0 Å². The average molecular weight is 350 g/mol.